The van der Waals surface area contributed by atoms with E-state index in [-0.39, 0.29) is 17.3 Å². The zero-order valence-electron chi connectivity index (χ0n) is 18.8. The summed E-state index contributed by atoms with van der Waals surface area (Å²) in [7, 11) is -3.87. The smallest absolute Gasteiger partial charge is 0.264 e. The summed E-state index contributed by atoms with van der Waals surface area (Å²) in [6, 6.07) is 27.6. The standard InChI is InChI=1S/C27H22BrClN2O3S/c1-19-7-14-23(29)17-26(19)31(35(33,34)25-5-3-2-4-6-25)18-20-8-10-21(11-9-20)27(32)30-24-15-12-22(28)13-16-24/h2-17H,18H2,1H3,(H,30,32). The molecule has 1 amide bonds. The molecule has 0 fully saturated rings. The van der Waals surface area contributed by atoms with Crippen LogP contribution in [0.4, 0.5) is 11.4 Å². The lowest BCUT2D eigenvalue weighted by molar-refractivity contribution is 0.102. The van der Waals surface area contributed by atoms with Gasteiger partial charge in [0.2, 0.25) is 0 Å². The van der Waals surface area contributed by atoms with Gasteiger partial charge in [-0.25, -0.2) is 8.42 Å². The van der Waals surface area contributed by atoms with Crippen LogP contribution in [0, 0.1) is 6.92 Å². The lowest BCUT2D eigenvalue weighted by atomic mass is 10.1. The van der Waals surface area contributed by atoms with Crippen LogP contribution < -0.4 is 9.62 Å². The fourth-order valence-corrected chi connectivity index (χ4v) is 5.50. The first-order chi connectivity index (χ1) is 16.7. The number of rotatable bonds is 7. The first kappa shape index (κ1) is 25.0. The number of anilines is 2. The minimum Gasteiger partial charge on any atom is -0.322 e. The van der Waals surface area contributed by atoms with Crippen molar-refractivity contribution in [2.45, 2.75) is 18.4 Å². The summed E-state index contributed by atoms with van der Waals surface area (Å²) in [5.74, 6) is -0.252. The first-order valence-corrected chi connectivity index (χ1v) is 13.3. The SMILES string of the molecule is Cc1ccc(Cl)cc1N(Cc1ccc(C(=O)Nc2ccc(Br)cc2)cc1)S(=O)(=O)c1ccccc1. The second-order valence-electron chi connectivity index (χ2n) is 7.91. The van der Waals surface area contributed by atoms with Gasteiger partial charge >= 0.3 is 0 Å². The molecule has 0 unspecified atom stereocenters. The molecule has 4 aromatic rings. The van der Waals surface area contributed by atoms with Crippen molar-refractivity contribution in [3.05, 3.63) is 123 Å². The molecule has 0 heterocycles. The second-order valence-corrected chi connectivity index (χ2v) is 11.1. The Morgan fingerprint density at radius 1 is 0.914 bits per heavy atom. The van der Waals surface area contributed by atoms with Crippen LogP contribution in [0.1, 0.15) is 21.5 Å². The third-order valence-corrected chi connectivity index (χ3v) is 7.95. The summed E-state index contributed by atoms with van der Waals surface area (Å²) in [6.45, 7) is 1.92. The van der Waals surface area contributed by atoms with Crippen LogP contribution in [0.5, 0.6) is 0 Å². The van der Waals surface area contributed by atoms with E-state index in [9.17, 15) is 13.2 Å². The molecule has 0 aliphatic carbocycles. The fraction of sp³-hybridized carbons (Fsp3) is 0.0741. The van der Waals surface area contributed by atoms with Gasteiger partial charge in [-0.05, 0) is 78.7 Å². The molecule has 35 heavy (non-hydrogen) atoms. The van der Waals surface area contributed by atoms with Gasteiger partial charge < -0.3 is 5.32 Å². The van der Waals surface area contributed by atoms with Gasteiger partial charge in [-0.15, -0.1) is 0 Å². The summed E-state index contributed by atoms with van der Waals surface area (Å²) < 4.78 is 29.5. The van der Waals surface area contributed by atoms with Gasteiger partial charge in [0, 0.05) is 20.7 Å². The van der Waals surface area contributed by atoms with E-state index >= 15 is 0 Å². The highest BCUT2D eigenvalue weighted by molar-refractivity contribution is 9.10. The average Bonchev–Trinajstić information content (AvgIpc) is 2.86. The van der Waals surface area contributed by atoms with E-state index in [1.807, 2.05) is 19.1 Å². The summed E-state index contributed by atoms with van der Waals surface area (Å²) in [5, 5.41) is 3.29. The van der Waals surface area contributed by atoms with Crippen molar-refractivity contribution in [2.75, 3.05) is 9.62 Å². The maximum atomic E-state index is 13.6. The van der Waals surface area contributed by atoms with Gasteiger partial charge in [-0.2, -0.15) is 0 Å². The van der Waals surface area contributed by atoms with Crippen LogP contribution in [0.25, 0.3) is 0 Å². The Hall–Kier alpha value is -3.13. The monoisotopic (exact) mass is 568 g/mol. The number of benzene rings is 4. The summed E-state index contributed by atoms with van der Waals surface area (Å²) >= 11 is 9.59. The van der Waals surface area contributed by atoms with Crippen LogP contribution in [0.3, 0.4) is 0 Å². The Morgan fingerprint density at radius 2 is 1.57 bits per heavy atom. The van der Waals surface area contributed by atoms with E-state index in [1.165, 1.54) is 4.31 Å². The normalized spacial score (nSPS) is 11.2. The predicted molar refractivity (Wildman–Crippen MR) is 145 cm³/mol. The summed E-state index contributed by atoms with van der Waals surface area (Å²) in [6.07, 6.45) is 0. The Kier molecular flexibility index (Phi) is 7.60. The Bertz CT molecular complexity index is 1440. The number of amides is 1. The molecule has 0 aliphatic rings. The van der Waals surface area contributed by atoms with Gasteiger partial charge in [0.05, 0.1) is 17.1 Å². The highest BCUT2D eigenvalue weighted by atomic mass is 79.9. The van der Waals surface area contributed by atoms with Gasteiger partial charge in [0.25, 0.3) is 15.9 Å². The molecule has 1 N–H and O–H groups in total. The van der Waals surface area contributed by atoms with E-state index < -0.39 is 10.0 Å². The zero-order valence-corrected chi connectivity index (χ0v) is 21.9. The summed E-state index contributed by atoms with van der Waals surface area (Å²) in [5.41, 5.74) is 3.15. The van der Waals surface area contributed by atoms with Crippen LogP contribution in [-0.4, -0.2) is 14.3 Å². The zero-order chi connectivity index (χ0) is 25.0. The molecule has 8 heteroatoms. The molecular formula is C27H22BrClN2O3S. The second kappa shape index (κ2) is 10.6. The van der Waals surface area contributed by atoms with E-state index in [2.05, 4.69) is 21.2 Å². The molecule has 0 aromatic heterocycles. The maximum absolute atomic E-state index is 13.6. The number of carbonyl (C=O) groups excluding carboxylic acids is 1. The van der Waals surface area contributed by atoms with Crippen LogP contribution >= 0.6 is 27.5 Å². The van der Waals surface area contributed by atoms with Crippen molar-refractivity contribution < 1.29 is 13.2 Å². The van der Waals surface area contributed by atoms with E-state index in [1.54, 1.807) is 84.9 Å². The molecule has 4 aromatic carbocycles. The number of hydrogen-bond acceptors (Lipinski definition) is 3. The van der Waals surface area contributed by atoms with Crippen molar-refractivity contribution >= 4 is 54.8 Å². The van der Waals surface area contributed by atoms with E-state index in [0.29, 0.717) is 22.0 Å². The molecule has 178 valence electrons. The van der Waals surface area contributed by atoms with Crippen LogP contribution in [0.2, 0.25) is 5.02 Å². The third kappa shape index (κ3) is 5.93. The van der Waals surface area contributed by atoms with Crippen molar-refractivity contribution in [1.29, 1.82) is 0 Å². The van der Waals surface area contributed by atoms with Gasteiger partial charge in [-0.3, -0.25) is 9.10 Å². The third-order valence-electron chi connectivity index (χ3n) is 5.42. The van der Waals surface area contributed by atoms with Gasteiger partial charge in [0.1, 0.15) is 0 Å². The lowest BCUT2D eigenvalue weighted by Gasteiger charge is -2.26. The number of aryl methyl sites for hydroxylation is 1. The average molecular weight is 570 g/mol. The summed E-state index contributed by atoms with van der Waals surface area (Å²) in [4.78, 5) is 12.8. The van der Waals surface area contributed by atoms with Crippen molar-refractivity contribution in [3.8, 4) is 0 Å². The minimum absolute atomic E-state index is 0.0764. The number of halogens is 2. The fourth-order valence-electron chi connectivity index (χ4n) is 3.53. The van der Waals surface area contributed by atoms with Crippen LogP contribution in [-0.2, 0) is 16.6 Å². The molecule has 5 nitrogen and oxygen atoms in total. The molecule has 0 bridgehead atoms. The largest absolute Gasteiger partial charge is 0.322 e. The van der Waals surface area contributed by atoms with Crippen molar-refractivity contribution in [1.82, 2.24) is 0 Å². The molecule has 0 aliphatic heterocycles. The number of hydrogen-bond donors (Lipinski definition) is 1. The molecule has 0 atom stereocenters. The van der Waals surface area contributed by atoms with E-state index in [0.717, 1.165) is 15.6 Å². The Labute approximate surface area is 218 Å². The highest BCUT2D eigenvalue weighted by Crippen LogP contribution is 2.31. The van der Waals surface area contributed by atoms with Gasteiger partial charge in [-0.1, -0.05) is 63.9 Å². The lowest BCUT2D eigenvalue weighted by Crippen LogP contribution is -2.31. The number of nitrogens with zero attached hydrogens (tertiary/aromatic N) is 1. The maximum Gasteiger partial charge on any atom is 0.264 e. The molecule has 0 saturated heterocycles. The number of nitrogens with one attached hydrogen (secondary N) is 1. The molecule has 0 spiro atoms. The number of sulfonamides is 1. The highest BCUT2D eigenvalue weighted by Gasteiger charge is 2.26. The molecular weight excluding hydrogens is 548 g/mol. The molecule has 0 radical (unpaired) electrons. The van der Waals surface area contributed by atoms with Crippen molar-refractivity contribution in [2.24, 2.45) is 0 Å². The molecule has 0 saturated carbocycles. The Balaban J connectivity index is 1.62. The predicted octanol–water partition coefficient (Wildman–Crippen LogP) is 7.06. The van der Waals surface area contributed by atoms with Crippen molar-refractivity contribution in [3.63, 3.8) is 0 Å². The topological polar surface area (TPSA) is 66.5 Å². The van der Waals surface area contributed by atoms with Gasteiger partial charge in [0.15, 0.2) is 0 Å². The Morgan fingerprint density at radius 3 is 2.23 bits per heavy atom. The first-order valence-electron chi connectivity index (χ1n) is 10.7. The van der Waals surface area contributed by atoms with E-state index in [4.69, 9.17) is 11.6 Å². The molecule has 4 rings (SSSR count). The number of carbonyl (C=O) groups is 1. The van der Waals surface area contributed by atoms with Crippen LogP contribution in [0.15, 0.2) is 106 Å². The minimum atomic E-state index is -3.87. The quantitative estimate of drug-likeness (QED) is 0.259.